The van der Waals surface area contributed by atoms with Crippen molar-refractivity contribution in [3.8, 4) is 0 Å². The molecule has 0 aromatic heterocycles. The second-order valence-electron chi connectivity index (χ2n) is 10.3. The predicted octanol–water partition coefficient (Wildman–Crippen LogP) is -0.963. The molecule has 8 nitrogen and oxygen atoms in total. The van der Waals surface area contributed by atoms with Crippen LogP contribution < -0.4 is 29.6 Å². The first-order valence-electron chi connectivity index (χ1n) is 10.8. The summed E-state index contributed by atoms with van der Waals surface area (Å²) < 4.78 is 17.0. The van der Waals surface area contributed by atoms with Gasteiger partial charge in [-0.2, -0.15) is 0 Å². The quantitative estimate of drug-likeness (QED) is 0.299. The zero-order chi connectivity index (χ0) is 23.0. The average molecular weight is 478 g/mol. The van der Waals surface area contributed by atoms with E-state index in [1.54, 1.807) is 19.1 Å². The van der Waals surface area contributed by atoms with Crippen LogP contribution in [0, 0.1) is 34.5 Å². The third-order valence-corrected chi connectivity index (χ3v) is 9.36. The molecule has 3 fully saturated rings. The number of phosphoric ester groups is 1. The molecule has 0 aromatic rings. The van der Waals surface area contributed by atoms with E-state index in [1.807, 2.05) is 13.0 Å². The number of rotatable bonds is 4. The zero-order valence-corrected chi connectivity index (χ0v) is 21.9. The third kappa shape index (κ3) is 3.71. The molecule has 0 radical (unpaired) electrons. The Morgan fingerprint density at radius 2 is 2.00 bits per heavy atom. The summed E-state index contributed by atoms with van der Waals surface area (Å²) in [5, 5.41) is 21.0. The van der Waals surface area contributed by atoms with Crippen molar-refractivity contribution in [1.82, 2.24) is 0 Å². The molecule has 0 spiro atoms. The van der Waals surface area contributed by atoms with Crippen molar-refractivity contribution in [1.29, 1.82) is 0 Å². The minimum Gasteiger partial charge on any atom is -1.00 e. The van der Waals surface area contributed by atoms with E-state index in [0.717, 1.165) is 5.57 Å². The largest absolute Gasteiger partial charge is 1.00 e. The van der Waals surface area contributed by atoms with Crippen molar-refractivity contribution in [2.75, 3.05) is 6.61 Å². The number of Topliss-reactive ketones (excluding diaryl/α,β-unsaturated/α-hetero) is 1. The maximum Gasteiger partial charge on any atom is 1.00 e. The van der Waals surface area contributed by atoms with Crippen molar-refractivity contribution in [2.45, 2.75) is 58.2 Å². The number of carbonyl (C=O) groups is 2. The molecule has 8 atom stereocenters. The molecular weight excluding hydrogens is 446 g/mol. The number of hydrogen-bond donors (Lipinski definition) is 4. The van der Waals surface area contributed by atoms with Gasteiger partial charge in [0.15, 0.2) is 11.6 Å². The molecule has 4 rings (SSSR count). The van der Waals surface area contributed by atoms with Crippen LogP contribution in [0.4, 0.5) is 0 Å². The van der Waals surface area contributed by atoms with Gasteiger partial charge in [0.2, 0.25) is 0 Å². The Bertz CT molecular complexity index is 933. The van der Waals surface area contributed by atoms with E-state index in [-0.39, 0.29) is 73.3 Å². The van der Waals surface area contributed by atoms with Crippen molar-refractivity contribution in [3.05, 3.63) is 23.8 Å². The Hall–Kier alpha value is -0.150. The van der Waals surface area contributed by atoms with Gasteiger partial charge in [-0.15, -0.1) is 0 Å². The molecule has 0 bridgehead atoms. The van der Waals surface area contributed by atoms with Crippen molar-refractivity contribution < 1.29 is 69.7 Å². The van der Waals surface area contributed by atoms with E-state index in [2.05, 4.69) is 6.92 Å². The van der Waals surface area contributed by atoms with Crippen molar-refractivity contribution in [3.63, 3.8) is 0 Å². The van der Waals surface area contributed by atoms with Gasteiger partial charge in [0.1, 0.15) is 12.2 Å². The molecule has 0 heterocycles. The number of fused-ring (bicyclic) bond motifs is 5. The molecule has 0 aliphatic heterocycles. The molecule has 174 valence electrons. The summed E-state index contributed by atoms with van der Waals surface area (Å²) in [6, 6.07) is 0. The van der Waals surface area contributed by atoms with Gasteiger partial charge in [-0.1, -0.05) is 32.4 Å². The SMILES string of the molecule is C[C@H]1C[C@@H]2[C@H]([C@@H](O)C[C@@]3(C)[C@H]2CC[C@]3(OP(=O)(O)O)C(=O)CO)[C@@]2(C)C=CC(=O)C=C12.[H-].[Na+]. The van der Waals surface area contributed by atoms with Gasteiger partial charge in [0, 0.05) is 16.7 Å². The monoisotopic (exact) mass is 478 g/mol. The van der Waals surface area contributed by atoms with Crippen LogP contribution in [0.3, 0.4) is 0 Å². The van der Waals surface area contributed by atoms with Crippen LogP contribution in [0.2, 0.25) is 0 Å². The fourth-order valence-corrected chi connectivity index (χ4v) is 8.53. The number of allylic oxidation sites excluding steroid dienone is 4. The number of aliphatic hydroxyl groups is 2. The maximum atomic E-state index is 12.9. The van der Waals surface area contributed by atoms with Gasteiger partial charge in [-0.25, -0.2) is 4.57 Å². The summed E-state index contributed by atoms with van der Waals surface area (Å²) in [6.45, 7) is 4.96. The smallest absolute Gasteiger partial charge is 1.00 e. The van der Waals surface area contributed by atoms with Crippen LogP contribution in [0.5, 0.6) is 0 Å². The molecule has 3 saturated carbocycles. The minimum atomic E-state index is -5.04. The molecule has 4 N–H and O–H groups in total. The average Bonchev–Trinajstić information content (AvgIpc) is 2.93. The second kappa shape index (κ2) is 8.51. The van der Waals surface area contributed by atoms with E-state index in [1.165, 1.54) is 0 Å². The van der Waals surface area contributed by atoms with Crippen LogP contribution in [-0.2, 0) is 18.7 Å². The van der Waals surface area contributed by atoms with Gasteiger partial charge in [0.05, 0.1) is 6.10 Å². The molecular formula is C22H32NaO8P. The summed E-state index contributed by atoms with van der Waals surface area (Å²) in [7, 11) is -5.04. The Labute approximate surface area is 211 Å². The molecule has 4 aliphatic rings. The summed E-state index contributed by atoms with van der Waals surface area (Å²) in [5.74, 6) is -1.08. The molecule has 10 heteroatoms. The molecule has 0 saturated heterocycles. The first kappa shape index (κ1) is 26.5. The number of phosphoric acid groups is 1. The molecule has 32 heavy (non-hydrogen) atoms. The van der Waals surface area contributed by atoms with Crippen molar-refractivity contribution >= 4 is 19.4 Å². The predicted molar refractivity (Wildman–Crippen MR) is 112 cm³/mol. The number of carbonyl (C=O) groups excluding carboxylic acids is 2. The Morgan fingerprint density at radius 1 is 1.34 bits per heavy atom. The van der Waals surface area contributed by atoms with Gasteiger partial charge in [0.25, 0.3) is 0 Å². The number of ketones is 2. The number of hydrogen-bond acceptors (Lipinski definition) is 6. The van der Waals surface area contributed by atoms with E-state index >= 15 is 0 Å². The van der Waals surface area contributed by atoms with Crippen LogP contribution in [0.1, 0.15) is 47.9 Å². The summed E-state index contributed by atoms with van der Waals surface area (Å²) in [6.07, 6.45) is 5.63. The van der Waals surface area contributed by atoms with Crippen LogP contribution in [0.15, 0.2) is 23.8 Å². The maximum absolute atomic E-state index is 12.9. The van der Waals surface area contributed by atoms with E-state index in [4.69, 9.17) is 4.52 Å². The molecule has 0 amide bonds. The molecule has 0 aromatic carbocycles. The zero-order valence-electron chi connectivity index (χ0n) is 20.0. The van der Waals surface area contributed by atoms with Gasteiger partial charge in [-0.3, -0.25) is 14.1 Å². The standard InChI is InChI=1S/C22H31O8P.Na.H/c1-12-8-14-15-5-7-22(18(26)11-23,30-31(27,28)29)21(15,3)10-17(25)19(14)20(2)6-4-13(24)9-16(12)20;;/h4,6,9,12,14-15,17,19,23,25H,5,7-8,10-11H2,1-3H3,(H2,27,28,29);;/q;+1;-1/t12-,14-,15-,17-,19+,20-,21-,22-;;/m0../s1. The summed E-state index contributed by atoms with van der Waals surface area (Å²) in [5.41, 5.74) is -2.39. The second-order valence-corrected chi connectivity index (χ2v) is 11.4. The first-order valence-corrected chi connectivity index (χ1v) is 12.4. The normalized spacial score (nSPS) is 45.3. The van der Waals surface area contributed by atoms with E-state index in [9.17, 15) is 34.2 Å². The first-order chi connectivity index (χ1) is 14.3. The van der Waals surface area contributed by atoms with Crippen LogP contribution >= 0.6 is 7.82 Å². The Balaban J connectivity index is 0.00000193. The van der Waals surface area contributed by atoms with Crippen LogP contribution in [-0.4, -0.2) is 49.9 Å². The number of aliphatic hydroxyl groups excluding tert-OH is 2. The van der Waals surface area contributed by atoms with Gasteiger partial charge in [-0.05, 0) is 55.6 Å². The molecule has 0 unspecified atom stereocenters. The molecule has 4 aliphatic carbocycles. The van der Waals surface area contributed by atoms with Crippen molar-refractivity contribution in [2.24, 2.45) is 34.5 Å². The van der Waals surface area contributed by atoms with Gasteiger partial charge >= 0.3 is 37.4 Å². The van der Waals surface area contributed by atoms with E-state index in [0.29, 0.717) is 12.8 Å². The summed E-state index contributed by atoms with van der Waals surface area (Å²) >= 11 is 0. The van der Waals surface area contributed by atoms with Gasteiger partial charge < -0.3 is 21.4 Å². The van der Waals surface area contributed by atoms with Crippen LogP contribution in [0.25, 0.3) is 0 Å². The fourth-order valence-electron chi connectivity index (χ4n) is 7.73. The Morgan fingerprint density at radius 3 is 2.59 bits per heavy atom. The topological polar surface area (TPSA) is 141 Å². The minimum absolute atomic E-state index is 0. The fraction of sp³-hybridized carbons (Fsp3) is 0.727. The summed E-state index contributed by atoms with van der Waals surface area (Å²) in [4.78, 5) is 44.1. The third-order valence-electron chi connectivity index (χ3n) is 8.81. The van der Waals surface area contributed by atoms with E-state index < -0.39 is 42.7 Å². The Kier molecular flexibility index (Phi) is 7.03.